The Kier molecular flexibility index (Phi) is 2.77. The Labute approximate surface area is 58.5 Å². The fourth-order valence-electron chi connectivity index (χ4n) is 0.445. The first kappa shape index (κ1) is 9.36. The number of hydrogen-bond donors (Lipinski definition) is 2. The average molecular weight is 150 g/mol. The maximum atomic E-state index is 12.5. The summed E-state index contributed by atoms with van der Waals surface area (Å²) >= 11 is 0. The molecule has 2 unspecified atom stereocenters. The van der Waals surface area contributed by atoms with E-state index in [2.05, 4.69) is 0 Å². The third-order valence-electron chi connectivity index (χ3n) is 1.48. The van der Waals surface area contributed by atoms with Crippen LogP contribution in [-0.2, 0) is 4.79 Å². The van der Waals surface area contributed by atoms with Crippen LogP contribution in [0.2, 0.25) is 0 Å². The fraction of sp³-hybridized carbons (Fsp3) is 0.833. The Morgan fingerprint density at radius 3 is 2.30 bits per heavy atom. The van der Waals surface area contributed by atoms with E-state index < -0.39 is 17.7 Å². The summed E-state index contributed by atoms with van der Waals surface area (Å²) in [6.45, 7) is 2.68. The van der Waals surface area contributed by atoms with Crippen LogP contribution in [0.3, 0.4) is 0 Å². The standard InChI is InChI=1S/C6H11FO3/c1-3-6(2,10)4(7)5(8)9/h4,10H,3H2,1-2H3,(H,8,9). The predicted molar refractivity (Wildman–Crippen MR) is 33.4 cm³/mol. The summed E-state index contributed by atoms with van der Waals surface area (Å²) in [5.74, 6) is -1.62. The zero-order valence-corrected chi connectivity index (χ0v) is 5.97. The highest BCUT2D eigenvalue weighted by Crippen LogP contribution is 2.17. The van der Waals surface area contributed by atoms with Crippen LogP contribution in [0, 0.1) is 0 Å². The molecule has 2 N–H and O–H groups in total. The second kappa shape index (κ2) is 2.96. The highest BCUT2D eigenvalue weighted by atomic mass is 19.1. The van der Waals surface area contributed by atoms with Crippen molar-refractivity contribution in [2.24, 2.45) is 0 Å². The molecule has 0 aromatic rings. The molecule has 2 atom stereocenters. The summed E-state index contributed by atoms with van der Waals surface area (Å²) < 4.78 is 12.5. The van der Waals surface area contributed by atoms with Crippen molar-refractivity contribution in [1.29, 1.82) is 0 Å². The van der Waals surface area contributed by atoms with E-state index in [9.17, 15) is 9.18 Å². The predicted octanol–water partition coefficient (Wildman–Crippen LogP) is 0.570. The van der Waals surface area contributed by atoms with Crippen molar-refractivity contribution in [3.63, 3.8) is 0 Å². The molecular formula is C6H11FO3. The molecule has 3 nitrogen and oxygen atoms in total. The Balaban J connectivity index is 4.17. The lowest BCUT2D eigenvalue weighted by Gasteiger charge is -2.21. The van der Waals surface area contributed by atoms with Gasteiger partial charge in [-0.1, -0.05) is 6.92 Å². The van der Waals surface area contributed by atoms with E-state index in [0.717, 1.165) is 6.92 Å². The summed E-state index contributed by atoms with van der Waals surface area (Å²) in [6, 6.07) is 0. The van der Waals surface area contributed by atoms with Crippen LogP contribution < -0.4 is 0 Å². The monoisotopic (exact) mass is 150 g/mol. The Morgan fingerprint density at radius 2 is 2.20 bits per heavy atom. The van der Waals surface area contributed by atoms with Gasteiger partial charge >= 0.3 is 5.97 Å². The van der Waals surface area contributed by atoms with Crippen molar-refractivity contribution < 1.29 is 19.4 Å². The molecule has 0 bridgehead atoms. The molecule has 0 aliphatic carbocycles. The summed E-state index contributed by atoms with van der Waals surface area (Å²) in [7, 11) is 0. The van der Waals surface area contributed by atoms with Crippen LogP contribution in [0.25, 0.3) is 0 Å². The average Bonchev–Trinajstić information content (AvgIpc) is 1.86. The van der Waals surface area contributed by atoms with E-state index in [0.29, 0.717) is 0 Å². The molecule has 60 valence electrons. The molecule has 0 aromatic heterocycles. The summed E-state index contributed by atoms with van der Waals surface area (Å²) in [4.78, 5) is 9.97. The Hall–Kier alpha value is -0.640. The van der Waals surface area contributed by atoms with E-state index in [1.165, 1.54) is 6.92 Å². The normalized spacial score (nSPS) is 19.6. The van der Waals surface area contributed by atoms with E-state index in [1.807, 2.05) is 0 Å². The molecule has 0 saturated carbocycles. The molecule has 0 saturated heterocycles. The number of rotatable bonds is 3. The number of carbonyl (C=O) groups is 1. The van der Waals surface area contributed by atoms with E-state index >= 15 is 0 Å². The molecule has 0 rings (SSSR count). The minimum atomic E-state index is -2.20. The van der Waals surface area contributed by atoms with Crippen molar-refractivity contribution in [2.45, 2.75) is 32.0 Å². The zero-order valence-electron chi connectivity index (χ0n) is 5.97. The molecule has 0 aromatic carbocycles. The van der Waals surface area contributed by atoms with Gasteiger partial charge in [0.2, 0.25) is 6.17 Å². The van der Waals surface area contributed by atoms with Gasteiger partial charge in [-0.3, -0.25) is 0 Å². The SMILES string of the molecule is CCC(C)(O)C(F)C(=O)O. The van der Waals surface area contributed by atoms with Crippen LogP contribution in [0.4, 0.5) is 4.39 Å². The first-order chi connectivity index (χ1) is 4.41. The van der Waals surface area contributed by atoms with E-state index in [1.54, 1.807) is 0 Å². The minimum absolute atomic E-state index is 0.0838. The molecule has 0 fully saturated rings. The summed E-state index contributed by atoms with van der Waals surface area (Å²) in [5, 5.41) is 17.1. The highest BCUT2D eigenvalue weighted by Gasteiger charge is 2.35. The third kappa shape index (κ3) is 1.95. The lowest BCUT2D eigenvalue weighted by atomic mass is 9.98. The molecular weight excluding hydrogens is 139 g/mol. The van der Waals surface area contributed by atoms with E-state index in [-0.39, 0.29) is 6.42 Å². The van der Waals surface area contributed by atoms with Gasteiger partial charge in [-0.15, -0.1) is 0 Å². The quantitative estimate of drug-likeness (QED) is 0.618. The minimum Gasteiger partial charge on any atom is -0.479 e. The van der Waals surface area contributed by atoms with Crippen molar-refractivity contribution in [3.8, 4) is 0 Å². The third-order valence-corrected chi connectivity index (χ3v) is 1.48. The molecule has 0 heterocycles. The largest absolute Gasteiger partial charge is 0.479 e. The van der Waals surface area contributed by atoms with Crippen LogP contribution in [0.5, 0.6) is 0 Å². The van der Waals surface area contributed by atoms with Gasteiger partial charge < -0.3 is 10.2 Å². The van der Waals surface area contributed by atoms with Crippen molar-refractivity contribution in [3.05, 3.63) is 0 Å². The number of alkyl halides is 1. The van der Waals surface area contributed by atoms with Crippen molar-refractivity contribution in [1.82, 2.24) is 0 Å². The van der Waals surface area contributed by atoms with Gasteiger partial charge in [-0.25, -0.2) is 9.18 Å². The maximum Gasteiger partial charge on any atom is 0.341 e. The number of carboxylic acids is 1. The fourth-order valence-corrected chi connectivity index (χ4v) is 0.445. The number of carboxylic acid groups (broad SMARTS) is 1. The summed E-state index contributed by atoms with van der Waals surface area (Å²) in [5.41, 5.74) is -1.74. The molecule has 4 heteroatoms. The lowest BCUT2D eigenvalue weighted by molar-refractivity contribution is -0.153. The molecule has 0 amide bonds. The first-order valence-corrected chi connectivity index (χ1v) is 3.01. The maximum absolute atomic E-state index is 12.5. The second-order valence-electron chi connectivity index (χ2n) is 2.41. The number of aliphatic carboxylic acids is 1. The summed E-state index contributed by atoms with van der Waals surface area (Å²) in [6.07, 6.45) is -2.11. The number of halogens is 1. The molecule has 0 radical (unpaired) electrons. The second-order valence-corrected chi connectivity index (χ2v) is 2.41. The number of hydrogen-bond acceptors (Lipinski definition) is 2. The highest BCUT2D eigenvalue weighted by molar-refractivity contribution is 5.73. The van der Waals surface area contributed by atoms with Crippen molar-refractivity contribution in [2.75, 3.05) is 0 Å². The van der Waals surface area contributed by atoms with Gasteiger partial charge in [-0.05, 0) is 13.3 Å². The van der Waals surface area contributed by atoms with Gasteiger partial charge in [0.05, 0.1) is 0 Å². The van der Waals surface area contributed by atoms with Crippen LogP contribution in [-0.4, -0.2) is 28.0 Å². The van der Waals surface area contributed by atoms with E-state index in [4.69, 9.17) is 10.2 Å². The Morgan fingerprint density at radius 1 is 1.80 bits per heavy atom. The first-order valence-electron chi connectivity index (χ1n) is 3.01. The van der Waals surface area contributed by atoms with Crippen LogP contribution in [0.1, 0.15) is 20.3 Å². The van der Waals surface area contributed by atoms with Gasteiger partial charge in [0, 0.05) is 0 Å². The molecule has 0 aliphatic heterocycles. The zero-order chi connectivity index (χ0) is 8.36. The van der Waals surface area contributed by atoms with Crippen LogP contribution >= 0.6 is 0 Å². The number of aliphatic hydroxyl groups is 1. The lowest BCUT2D eigenvalue weighted by Crippen LogP contribution is -2.40. The van der Waals surface area contributed by atoms with Gasteiger partial charge in [-0.2, -0.15) is 0 Å². The molecule has 10 heavy (non-hydrogen) atoms. The van der Waals surface area contributed by atoms with Gasteiger partial charge in [0.15, 0.2) is 0 Å². The topological polar surface area (TPSA) is 57.5 Å². The molecule has 0 aliphatic rings. The van der Waals surface area contributed by atoms with Gasteiger partial charge in [0.25, 0.3) is 0 Å². The smallest absolute Gasteiger partial charge is 0.341 e. The molecule has 0 spiro atoms. The van der Waals surface area contributed by atoms with Crippen LogP contribution in [0.15, 0.2) is 0 Å². The Bertz CT molecular complexity index is 133. The van der Waals surface area contributed by atoms with Crippen molar-refractivity contribution >= 4 is 5.97 Å². The van der Waals surface area contributed by atoms with Gasteiger partial charge in [0.1, 0.15) is 5.60 Å².